The molecule has 4 heteroatoms. The first-order chi connectivity index (χ1) is 9.37. The summed E-state index contributed by atoms with van der Waals surface area (Å²) in [6.07, 6.45) is 4.66. The summed E-state index contributed by atoms with van der Waals surface area (Å²) in [7, 11) is 0. The molecule has 1 N–H and O–H groups in total. The standard InChI is InChI=1S/C16H30N2O2/c1-12-7-8-14(13-6-5-9-17-10-13)18(11-12)15(19)20-16(2,3)4/h12-14,17H,5-11H2,1-4H3. The number of piperidine rings is 2. The van der Waals surface area contributed by atoms with Crippen LogP contribution in [0.5, 0.6) is 0 Å². The molecule has 3 unspecified atom stereocenters. The van der Waals surface area contributed by atoms with Crippen molar-refractivity contribution in [3.05, 3.63) is 0 Å². The fourth-order valence-corrected chi connectivity index (χ4v) is 3.40. The van der Waals surface area contributed by atoms with E-state index in [1.54, 1.807) is 0 Å². The summed E-state index contributed by atoms with van der Waals surface area (Å²) in [5, 5.41) is 3.47. The lowest BCUT2D eigenvalue weighted by Crippen LogP contribution is -2.53. The van der Waals surface area contributed by atoms with Crippen LogP contribution in [-0.4, -0.2) is 42.3 Å². The smallest absolute Gasteiger partial charge is 0.410 e. The predicted molar refractivity (Wildman–Crippen MR) is 80.7 cm³/mol. The van der Waals surface area contributed by atoms with Crippen molar-refractivity contribution < 1.29 is 9.53 Å². The number of nitrogens with zero attached hydrogens (tertiary/aromatic N) is 1. The summed E-state index contributed by atoms with van der Waals surface area (Å²) >= 11 is 0. The molecule has 4 nitrogen and oxygen atoms in total. The molecule has 2 saturated heterocycles. The average molecular weight is 282 g/mol. The fourth-order valence-electron chi connectivity index (χ4n) is 3.40. The third-order valence-corrected chi connectivity index (χ3v) is 4.37. The SMILES string of the molecule is CC1CCC(C2CCCNC2)N(C(=O)OC(C)(C)C)C1. The van der Waals surface area contributed by atoms with Gasteiger partial charge in [-0.3, -0.25) is 0 Å². The molecule has 0 radical (unpaired) electrons. The van der Waals surface area contributed by atoms with Crippen molar-refractivity contribution in [2.24, 2.45) is 11.8 Å². The molecule has 116 valence electrons. The van der Waals surface area contributed by atoms with Crippen LogP contribution in [0.3, 0.4) is 0 Å². The van der Waals surface area contributed by atoms with Gasteiger partial charge in [0.15, 0.2) is 0 Å². The molecule has 0 saturated carbocycles. The van der Waals surface area contributed by atoms with Crippen molar-refractivity contribution in [2.45, 2.75) is 65.0 Å². The molecule has 2 heterocycles. The molecule has 2 aliphatic rings. The maximum Gasteiger partial charge on any atom is 0.410 e. The summed E-state index contributed by atoms with van der Waals surface area (Å²) < 4.78 is 5.61. The lowest BCUT2D eigenvalue weighted by atomic mass is 9.83. The molecule has 0 aliphatic carbocycles. The summed E-state index contributed by atoms with van der Waals surface area (Å²) in [6.45, 7) is 11.0. The molecule has 0 aromatic heterocycles. The Bertz CT molecular complexity index is 332. The first-order valence-corrected chi connectivity index (χ1v) is 8.07. The Morgan fingerprint density at radius 2 is 2.00 bits per heavy atom. The quantitative estimate of drug-likeness (QED) is 0.804. The van der Waals surface area contributed by atoms with E-state index in [0.29, 0.717) is 17.9 Å². The molecular weight excluding hydrogens is 252 g/mol. The molecule has 0 aromatic rings. The van der Waals surface area contributed by atoms with Crippen molar-refractivity contribution in [3.8, 4) is 0 Å². The van der Waals surface area contributed by atoms with E-state index < -0.39 is 5.60 Å². The van der Waals surface area contributed by atoms with Gasteiger partial charge in [-0.2, -0.15) is 0 Å². The van der Waals surface area contributed by atoms with Gasteiger partial charge in [0.05, 0.1) is 0 Å². The molecule has 2 rings (SSSR count). The Morgan fingerprint density at radius 1 is 1.25 bits per heavy atom. The van der Waals surface area contributed by atoms with Crippen LogP contribution in [0, 0.1) is 11.8 Å². The molecule has 20 heavy (non-hydrogen) atoms. The van der Waals surface area contributed by atoms with E-state index in [0.717, 1.165) is 26.1 Å². The van der Waals surface area contributed by atoms with Gasteiger partial charge >= 0.3 is 6.09 Å². The number of amides is 1. The number of hydrogen-bond acceptors (Lipinski definition) is 3. The van der Waals surface area contributed by atoms with Crippen LogP contribution in [0.2, 0.25) is 0 Å². The van der Waals surface area contributed by atoms with E-state index in [1.807, 2.05) is 25.7 Å². The van der Waals surface area contributed by atoms with Crippen molar-refractivity contribution in [2.75, 3.05) is 19.6 Å². The molecule has 0 bridgehead atoms. The molecule has 3 atom stereocenters. The van der Waals surface area contributed by atoms with Crippen molar-refractivity contribution in [3.63, 3.8) is 0 Å². The second kappa shape index (κ2) is 6.33. The van der Waals surface area contributed by atoms with E-state index in [2.05, 4.69) is 12.2 Å². The Balaban J connectivity index is 2.05. The zero-order valence-corrected chi connectivity index (χ0v) is 13.4. The van der Waals surface area contributed by atoms with Crippen LogP contribution in [0.4, 0.5) is 4.79 Å². The van der Waals surface area contributed by atoms with Gasteiger partial charge in [0.25, 0.3) is 0 Å². The van der Waals surface area contributed by atoms with Gasteiger partial charge in [-0.25, -0.2) is 4.79 Å². The lowest BCUT2D eigenvalue weighted by molar-refractivity contribution is -0.00736. The molecule has 0 spiro atoms. The van der Waals surface area contributed by atoms with E-state index in [-0.39, 0.29) is 6.09 Å². The first kappa shape index (κ1) is 15.6. The summed E-state index contributed by atoms with van der Waals surface area (Å²) in [4.78, 5) is 14.5. The van der Waals surface area contributed by atoms with Gasteiger partial charge in [0.2, 0.25) is 0 Å². The molecule has 1 amide bonds. The largest absolute Gasteiger partial charge is 0.444 e. The van der Waals surface area contributed by atoms with Gasteiger partial charge in [-0.1, -0.05) is 6.92 Å². The summed E-state index contributed by atoms with van der Waals surface area (Å²) in [5.41, 5.74) is -0.410. The van der Waals surface area contributed by atoms with Crippen LogP contribution in [0.15, 0.2) is 0 Å². The minimum absolute atomic E-state index is 0.125. The van der Waals surface area contributed by atoms with Crippen LogP contribution < -0.4 is 5.32 Å². The van der Waals surface area contributed by atoms with E-state index in [4.69, 9.17) is 4.74 Å². The summed E-state index contributed by atoms with van der Waals surface area (Å²) in [5.74, 6) is 1.17. The predicted octanol–water partition coefficient (Wildman–Crippen LogP) is 3.02. The number of hydrogen-bond donors (Lipinski definition) is 1. The highest BCUT2D eigenvalue weighted by Crippen LogP contribution is 2.31. The van der Waals surface area contributed by atoms with Crippen molar-refractivity contribution in [1.82, 2.24) is 10.2 Å². The topological polar surface area (TPSA) is 41.6 Å². The lowest BCUT2D eigenvalue weighted by Gasteiger charge is -2.44. The zero-order chi connectivity index (χ0) is 14.8. The van der Waals surface area contributed by atoms with Crippen LogP contribution in [-0.2, 0) is 4.74 Å². The normalized spacial score (nSPS) is 32.0. The maximum absolute atomic E-state index is 12.5. The number of ether oxygens (including phenoxy) is 1. The molecule has 2 fully saturated rings. The Kier molecular flexibility index (Phi) is 4.95. The zero-order valence-electron chi connectivity index (χ0n) is 13.4. The minimum Gasteiger partial charge on any atom is -0.444 e. The van der Waals surface area contributed by atoms with E-state index in [9.17, 15) is 4.79 Å². The third-order valence-electron chi connectivity index (χ3n) is 4.37. The number of carbonyl (C=O) groups is 1. The van der Waals surface area contributed by atoms with Gasteiger partial charge < -0.3 is 15.0 Å². The second-order valence-electron chi connectivity index (χ2n) is 7.49. The van der Waals surface area contributed by atoms with E-state index in [1.165, 1.54) is 19.3 Å². The number of nitrogens with one attached hydrogen (secondary N) is 1. The second-order valence-corrected chi connectivity index (χ2v) is 7.49. The number of likely N-dealkylation sites (tertiary alicyclic amines) is 1. The highest BCUT2D eigenvalue weighted by atomic mass is 16.6. The Labute approximate surface area is 123 Å². The Hall–Kier alpha value is -0.770. The number of rotatable bonds is 1. The van der Waals surface area contributed by atoms with Gasteiger partial charge in [-0.05, 0) is 71.4 Å². The minimum atomic E-state index is -0.410. The molecule has 0 aromatic carbocycles. The highest BCUT2D eigenvalue weighted by Gasteiger charge is 2.37. The monoisotopic (exact) mass is 282 g/mol. The van der Waals surface area contributed by atoms with Crippen LogP contribution in [0.1, 0.15) is 53.4 Å². The summed E-state index contributed by atoms with van der Waals surface area (Å²) in [6, 6.07) is 0.355. The highest BCUT2D eigenvalue weighted by molar-refractivity contribution is 5.68. The van der Waals surface area contributed by atoms with Gasteiger partial charge in [0.1, 0.15) is 5.60 Å². The molecule has 2 aliphatic heterocycles. The Morgan fingerprint density at radius 3 is 2.60 bits per heavy atom. The fraction of sp³-hybridized carbons (Fsp3) is 0.938. The van der Waals surface area contributed by atoms with Crippen molar-refractivity contribution >= 4 is 6.09 Å². The van der Waals surface area contributed by atoms with Gasteiger partial charge in [-0.15, -0.1) is 0 Å². The van der Waals surface area contributed by atoms with Crippen LogP contribution >= 0.6 is 0 Å². The number of carbonyl (C=O) groups excluding carboxylic acids is 1. The van der Waals surface area contributed by atoms with E-state index >= 15 is 0 Å². The third kappa shape index (κ3) is 4.11. The average Bonchev–Trinajstić information content (AvgIpc) is 2.37. The van der Waals surface area contributed by atoms with Crippen molar-refractivity contribution in [1.29, 1.82) is 0 Å². The maximum atomic E-state index is 12.5. The van der Waals surface area contributed by atoms with Crippen LogP contribution in [0.25, 0.3) is 0 Å². The first-order valence-electron chi connectivity index (χ1n) is 8.07. The van der Waals surface area contributed by atoms with Gasteiger partial charge in [0, 0.05) is 12.6 Å². The molecular formula is C16H30N2O2.